The first-order valence-electron chi connectivity index (χ1n) is 9.92. The lowest BCUT2D eigenvalue weighted by Gasteiger charge is -2.23. The zero-order valence-electron chi connectivity index (χ0n) is 16.6. The van der Waals surface area contributed by atoms with Crippen molar-refractivity contribution in [1.82, 2.24) is 29.7 Å². The molecule has 0 aromatic carbocycles. The Morgan fingerprint density at radius 1 is 1.37 bits per heavy atom. The molecule has 30 heavy (non-hydrogen) atoms. The number of carbonyl (C=O) groups is 3. The number of rotatable bonds is 5. The smallest absolute Gasteiger partial charge is 0.290 e. The average molecular weight is 418 g/mol. The Labute approximate surface area is 173 Å². The van der Waals surface area contributed by atoms with Crippen LogP contribution in [-0.2, 0) is 33.7 Å². The molecule has 2 amide bonds. The van der Waals surface area contributed by atoms with Crippen LogP contribution in [0.15, 0.2) is 18.7 Å². The minimum Gasteiger partial charge on any atom is -0.483 e. The number of imidazole rings is 2. The van der Waals surface area contributed by atoms with Crippen molar-refractivity contribution >= 4 is 18.3 Å². The molecule has 0 spiro atoms. The molecule has 2 aliphatic rings. The third-order valence-corrected chi connectivity index (χ3v) is 5.06. The van der Waals surface area contributed by atoms with Gasteiger partial charge in [-0.1, -0.05) is 0 Å². The van der Waals surface area contributed by atoms with Crippen molar-refractivity contribution in [2.75, 3.05) is 26.2 Å². The molecule has 0 radical (unpaired) electrons. The Balaban J connectivity index is 0.000000806. The number of hydrogen-bond acceptors (Lipinski definition) is 6. The molecule has 0 aliphatic carbocycles. The van der Waals surface area contributed by atoms with Gasteiger partial charge in [0, 0.05) is 63.7 Å². The highest BCUT2D eigenvalue weighted by Gasteiger charge is 2.29. The predicted molar refractivity (Wildman–Crippen MR) is 105 cm³/mol. The topological polar surface area (TPSA) is 142 Å². The lowest BCUT2D eigenvalue weighted by molar-refractivity contribution is -0.140. The predicted octanol–water partition coefficient (Wildman–Crippen LogP) is -0.157. The summed E-state index contributed by atoms with van der Waals surface area (Å²) in [7, 11) is 0. The number of nitrogens with one attached hydrogen (secondary N) is 2. The molecule has 1 unspecified atom stereocenters. The highest BCUT2D eigenvalue weighted by Crippen LogP contribution is 2.17. The highest BCUT2D eigenvalue weighted by molar-refractivity contribution is 5.92. The first-order valence-corrected chi connectivity index (χ1v) is 9.92. The number of nitrogens with zero attached hydrogens (tertiary/aromatic N) is 4. The van der Waals surface area contributed by atoms with E-state index in [0.29, 0.717) is 51.3 Å². The molecule has 2 aliphatic heterocycles. The molecule has 2 aromatic rings. The van der Waals surface area contributed by atoms with Crippen molar-refractivity contribution in [3.05, 3.63) is 35.9 Å². The summed E-state index contributed by atoms with van der Waals surface area (Å²) < 4.78 is 7.49. The number of amides is 2. The second-order valence-corrected chi connectivity index (χ2v) is 7.00. The fourth-order valence-electron chi connectivity index (χ4n) is 3.55. The van der Waals surface area contributed by atoms with Crippen molar-refractivity contribution in [2.24, 2.45) is 0 Å². The lowest BCUT2D eigenvalue weighted by Crippen LogP contribution is -2.40. The van der Waals surface area contributed by atoms with Crippen molar-refractivity contribution in [1.29, 1.82) is 0 Å². The Bertz CT molecular complexity index is 818. The minimum absolute atomic E-state index is 0.0787. The van der Waals surface area contributed by atoms with Crippen molar-refractivity contribution in [3.8, 4) is 0 Å². The van der Waals surface area contributed by atoms with Gasteiger partial charge in [-0.15, -0.1) is 0 Å². The maximum Gasteiger partial charge on any atom is 0.290 e. The van der Waals surface area contributed by atoms with Crippen LogP contribution in [0.2, 0.25) is 0 Å². The molecule has 1 saturated heterocycles. The molecule has 2 aromatic heterocycles. The summed E-state index contributed by atoms with van der Waals surface area (Å²) in [6.07, 6.45) is 7.95. The van der Waals surface area contributed by atoms with Crippen LogP contribution in [0.5, 0.6) is 0 Å². The third kappa shape index (κ3) is 5.44. The van der Waals surface area contributed by atoms with E-state index in [1.165, 1.54) is 0 Å². The molecule has 4 heterocycles. The van der Waals surface area contributed by atoms with Crippen LogP contribution in [0.4, 0.5) is 0 Å². The number of hydrogen-bond donors (Lipinski definition) is 3. The Morgan fingerprint density at radius 3 is 2.90 bits per heavy atom. The number of fused-ring (bicyclic) bond motifs is 1. The van der Waals surface area contributed by atoms with E-state index in [1.807, 2.05) is 9.47 Å². The standard InChI is InChI=1S/C18H24N6O3.CH2O2/c25-17(20-5-3-13-10-19-12-21-13)14-11-24-8-7-23(6-4-16(24)22-14)18(26)15-2-1-9-27-15;2-1-3/h10-12,15H,1-9H2,(H,19,21)(H,20,25);1H,(H,2,3). The monoisotopic (exact) mass is 418 g/mol. The van der Waals surface area contributed by atoms with Crippen LogP contribution in [-0.4, -0.2) is 80.2 Å². The van der Waals surface area contributed by atoms with Crippen LogP contribution in [0.25, 0.3) is 0 Å². The van der Waals surface area contributed by atoms with Gasteiger partial charge in [0.05, 0.1) is 6.33 Å². The summed E-state index contributed by atoms with van der Waals surface area (Å²) in [5, 5.41) is 9.77. The molecule has 11 nitrogen and oxygen atoms in total. The van der Waals surface area contributed by atoms with E-state index in [9.17, 15) is 9.59 Å². The highest BCUT2D eigenvalue weighted by atomic mass is 16.5. The maximum absolute atomic E-state index is 12.5. The molecule has 11 heteroatoms. The normalized spacial score (nSPS) is 18.0. The van der Waals surface area contributed by atoms with E-state index in [2.05, 4.69) is 20.3 Å². The fourth-order valence-corrected chi connectivity index (χ4v) is 3.55. The van der Waals surface area contributed by atoms with Gasteiger partial charge < -0.3 is 29.6 Å². The molecule has 0 bridgehead atoms. The van der Waals surface area contributed by atoms with Crippen LogP contribution in [0.1, 0.15) is 34.8 Å². The van der Waals surface area contributed by atoms with Gasteiger partial charge in [0.15, 0.2) is 0 Å². The van der Waals surface area contributed by atoms with Crippen molar-refractivity contribution < 1.29 is 24.2 Å². The summed E-state index contributed by atoms with van der Waals surface area (Å²) in [6.45, 7) is 2.80. The largest absolute Gasteiger partial charge is 0.483 e. The van der Waals surface area contributed by atoms with Crippen LogP contribution >= 0.6 is 0 Å². The SMILES string of the molecule is O=C(NCCc1cnc[nH]1)c1cn2c(n1)CCN(C(=O)C1CCCO1)CC2.O=CO. The van der Waals surface area contributed by atoms with Gasteiger partial charge >= 0.3 is 0 Å². The minimum atomic E-state index is -0.286. The first-order chi connectivity index (χ1) is 14.6. The molecule has 1 fully saturated rings. The van der Waals surface area contributed by atoms with Crippen LogP contribution < -0.4 is 5.32 Å². The number of aromatic amines is 1. The van der Waals surface area contributed by atoms with E-state index in [1.54, 1.807) is 18.7 Å². The molecule has 162 valence electrons. The number of H-pyrrole nitrogens is 1. The van der Waals surface area contributed by atoms with E-state index in [-0.39, 0.29) is 24.4 Å². The van der Waals surface area contributed by atoms with Gasteiger partial charge in [-0.3, -0.25) is 14.4 Å². The van der Waals surface area contributed by atoms with E-state index >= 15 is 0 Å². The van der Waals surface area contributed by atoms with Gasteiger partial charge in [0.2, 0.25) is 0 Å². The van der Waals surface area contributed by atoms with Gasteiger partial charge in [0.25, 0.3) is 18.3 Å². The molecular formula is C19H26N6O5. The van der Waals surface area contributed by atoms with Crippen LogP contribution in [0.3, 0.4) is 0 Å². The second kappa shape index (κ2) is 10.5. The average Bonchev–Trinajstić information content (AvgIpc) is 3.49. The van der Waals surface area contributed by atoms with Crippen molar-refractivity contribution in [2.45, 2.75) is 38.3 Å². The summed E-state index contributed by atoms with van der Waals surface area (Å²) in [5.41, 5.74) is 1.40. The molecular weight excluding hydrogens is 392 g/mol. The van der Waals surface area contributed by atoms with Gasteiger partial charge in [-0.2, -0.15) is 0 Å². The van der Waals surface area contributed by atoms with E-state index in [4.69, 9.17) is 14.6 Å². The van der Waals surface area contributed by atoms with Gasteiger partial charge in [0.1, 0.15) is 17.6 Å². The summed E-state index contributed by atoms with van der Waals surface area (Å²) in [6, 6.07) is 0. The summed E-state index contributed by atoms with van der Waals surface area (Å²) in [5.74, 6) is 0.744. The molecule has 3 N–H and O–H groups in total. The van der Waals surface area contributed by atoms with Crippen molar-refractivity contribution in [3.63, 3.8) is 0 Å². The number of ether oxygens (including phenoxy) is 1. The number of carboxylic acid groups (broad SMARTS) is 1. The Morgan fingerprint density at radius 2 is 2.20 bits per heavy atom. The molecule has 1 atom stereocenters. The second-order valence-electron chi connectivity index (χ2n) is 7.00. The molecule has 0 saturated carbocycles. The van der Waals surface area contributed by atoms with E-state index in [0.717, 1.165) is 24.4 Å². The number of carbonyl (C=O) groups excluding carboxylic acids is 2. The fraction of sp³-hybridized carbons (Fsp3) is 0.526. The zero-order valence-corrected chi connectivity index (χ0v) is 16.6. The third-order valence-electron chi connectivity index (χ3n) is 5.06. The summed E-state index contributed by atoms with van der Waals surface area (Å²) in [4.78, 5) is 46.5. The first kappa shape index (κ1) is 21.5. The Kier molecular flexibility index (Phi) is 7.55. The summed E-state index contributed by atoms with van der Waals surface area (Å²) >= 11 is 0. The zero-order chi connectivity index (χ0) is 21.3. The molecule has 4 rings (SSSR count). The Hall–Kier alpha value is -3.21. The lowest BCUT2D eigenvalue weighted by atomic mass is 10.2. The number of aromatic nitrogens is 4. The quantitative estimate of drug-likeness (QED) is 0.573. The van der Waals surface area contributed by atoms with E-state index < -0.39 is 0 Å². The van der Waals surface area contributed by atoms with Crippen LogP contribution in [0, 0.1) is 0 Å². The van der Waals surface area contributed by atoms with Gasteiger partial charge in [-0.05, 0) is 12.8 Å². The maximum atomic E-state index is 12.5. The van der Waals surface area contributed by atoms with Gasteiger partial charge in [-0.25, -0.2) is 9.97 Å².